The Labute approximate surface area is 102 Å². The molecule has 0 aliphatic rings. The van der Waals surface area contributed by atoms with Crippen LogP contribution in [0.5, 0.6) is 5.75 Å². The van der Waals surface area contributed by atoms with Crippen molar-refractivity contribution < 1.29 is 39.9 Å². The molecule has 4 nitrogen and oxygen atoms in total. The highest BCUT2D eigenvalue weighted by molar-refractivity contribution is 7.89. The fourth-order valence-electron chi connectivity index (χ4n) is 1.25. The van der Waals surface area contributed by atoms with E-state index >= 15 is 0 Å². The van der Waals surface area contributed by atoms with Gasteiger partial charge in [0, 0.05) is 6.07 Å². The number of benzene rings is 1. The lowest BCUT2D eigenvalue weighted by atomic mass is 10.1. The quantitative estimate of drug-likeness (QED) is 0.779. The number of alkyl halides is 6. The number of nitrogens with two attached hydrogens (primary N) is 1. The van der Waals surface area contributed by atoms with Gasteiger partial charge in [-0.05, 0) is 6.07 Å². The van der Waals surface area contributed by atoms with E-state index in [0.29, 0.717) is 0 Å². The summed E-state index contributed by atoms with van der Waals surface area (Å²) in [4.78, 5) is -1.63. The zero-order valence-electron chi connectivity index (χ0n) is 8.67. The minimum absolute atomic E-state index is 0.180. The lowest BCUT2D eigenvalue weighted by Gasteiger charge is -2.16. The first-order chi connectivity index (χ1) is 8.24. The second-order valence-corrected chi connectivity index (χ2v) is 4.94. The second-order valence-electron chi connectivity index (χ2n) is 3.41. The molecule has 108 valence electrons. The third kappa shape index (κ3) is 3.29. The maximum atomic E-state index is 12.5. The first-order valence-corrected chi connectivity index (χ1v) is 5.83. The summed E-state index contributed by atoms with van der Waals surface area (Å²) in [5.74, 6) is -1.66. The average Bonchev–Trinajstić information content (AvgIpc) is 2.11. The summed E-state index contributed by atoms with van der Waals surface area (Å²) < 4.78 is 96.3. The molecule has 3 N–H and O–H groups in total. The van der Waals surface area contributed by atoms with Crippen LogP contribution < -0.4 is 5.14 Å². The zero-order valence-corrected chi connectivity index (χ0v) is 9.49. The molecule has 0 saturated carbocycles. The van der Waals surface area contributed by atoms with Gasteiger partial charge in [-0.25, -0.2) is 13.6 Å². The third-order valence-electron chi connectivity index (χ3n) is 2.02. The van der Waals surface area contributed by atoms with E-state index in [9.17, 15) is 34.8 Å². The van der Waals surface area contributed by atoms with Crippen molar-refractivity contribution in [1.82, 2.24) is 0 Å². The number of phenolic OH excluding ortho intramolecular Hbond substituents is 1. The number of primary sulfonamides is 1. The van der Waals surface area contributed by atoms with E-state index in [4.69, 9.17) is 5.11 Å². The smallest absolute Gasteiger partial charge is 0.419 e. The van der Waals surface area contributed by atoms with E-state index in [0.717, 1.165) is 0 Å². The Bertz CT molecular complexity index is 604. The van der Waals surface area contributed by atoms with Crippen LogP contribution in [0.3, 0.4) is 0 Å². The Hall–Kier alpha value is -1.49. The van der Waals surface area contributed by atoms with E-state index in [-0.39, 0.29) is 6.07 Å². The molecule has 0 bridgehead atoms. The van der Waals surface area contributed by atoms with Gasteiger partial charge in [-0.15, -0.1) is 0 Å². The number of halogens is 6. The van der Waals surface area contributed by atoms with Crippen molar-refractivity contribution in [2.24, 2.45) is 5.14 Å². The molecule has 0 fully saturated rings. The molecule has 0 atom stereocenters. The van der Waals surface area contributed by atoms with Gasteiger partial charge >= 0.3 is 12.4 Å². The largest absolute Gasteiger partial charge is 0.507 e. The topological polar surface area (TPSA) is 80.4 Å². The maximum Gasteiger partial charge on any atom is 0.419 e. The highest BCUT2D eigenvalue weighted by Gasteiger charge is 2.42. The fraction of sp³-hybridized carbons (Fsp3) is 0.250. The molecule has 19 heavy (non-hydrogen) atoms. The standard InChI is InChI=1S/C8H5F6NO3S/c9-7(10,11)3-1-4(8(12,13)14)6(2-5(3)16)19(15,17)18/h1-2,16H,(H2,15,17,18). The molecule has 11 heteroatoms. The van der Waals surface area contributed by atoms with Gasteiger partial charge in [0.25, 0.3) is 0 Å². The molecular weight excluding hydrogens is 304 g/mol. The highest BCUT2D eigenvalue weighted by Crippen LogP contribution is 2.42. The molecule has 1 aromatic rings. The van der Waals surface area contributed by atoms with E-state index in [1.807, 2.05) is 0 Å². The Morgan fingerprint density at radius 1 is 0.947 bits per heavy atom. The number of phenols is 1. The summed E-state index contributed by atoms with van der Waals surface area (Å²) in [5.41, 5.74) is -4.10. The normalized spacial score (nSPS) is 13.6. The summed E-state index contributed by atoms with van der Waals surface area (Å²) in [6.45, 7) is 0. The Balaban J connectivity index is 3.76. The number of aromatic hydroxyl groups is 1. The van der Waals surface area contributed by atoms with Gasteiger partial charge in [-0.1, -0.05) is 0 Å². The molecule has 1 aromatic carbocycles. The second kappa shape index (κ2) is 4.27. The number of rotatable bonds is 1. The van der Waals surface area contributed by atoms with Crippen LogP contribution in [0.15, 0.2) is 17.0 Å². The van der Waals surface area contributed by atoms with Gasteiger partial charge in [0.15, 0.2) is 0 Å². The molecule has 1 rings (SSSR count). The minimum atomic E-state index is -5.38. The van der Waals surface area contributed by atoms with Crippen LogP contribution in [0.4, 0.5) is 26.3 Å². The summed E-state index contributed by atoms with van der Waals surface area (Å²) >= 11 is 0. The summed E-state index contributed by atoms with van der Waals surface area (Å²) in [7, 11) is -4.95. The van der Waals surface area contributed by atoms with Gasteiger partial charge in [0.2, 0.25) is 10.0 Å². The Kier molecular flexibility index (Phi) is 3.50. The van der Waals surface area contributed by atoms with E-state index in [1.165, 1.54) is 0 Å². The van der Waals surface area contributed by atoms with Crippen LogP contribution in [0.2, 0.25) is 0 Å². The van der Waals surface area contributed by atoms with Crippen LogP contribution in [-0.2, 0) is 22.4 Å². The predicted molar refractivity (Wildman–Crippen MR) is 49.5 cm³/mol. The molecule has 0 aliphatic heterocycles. The van der Waals surface area contributed by atoms with Crippen LogP contribution in [0.25, 0.3) is 0 Å². The minimum Gasteiger partial charge on any atom is -0.507 e. The molecule has 0 radical (unpaired) electrons. The molecule has 0 aliphatic carbocycles. The van der Waals surface area contributed by atoms with Gasteiger partial charge in [0.1, 0.15) is 5.75 Å². The van der Waals surface area contributed by atoms with E-state index in [1.54, 1.807) is 0 Å². The molecule has 0 saturated heterocycles. The first-order valence-electron chi connectivity index (χ1n) is 4.29. The van der Waals surface area contributed by atoms with Crippen molar-refractivity contribution in [2.75, 3.05) is 0 Å². The summed E-state index contributed by atoms with van der Waals surface area (Å²) in [6.07, 6.45) is -10.7. The van der Waals surface area contributed by atoms with Crippen molar-refractivity contribution in [3.05, 3.63) is 23.3 Å². The molecular formula is C8H5F6NO3S. The van der Waals surface area contributed by atoms with E-state index < -0.39 is 50.2 Å². The average molecular weight is 309 g/mol. The Morgan fingerprint density at radius 3 is 1.68 bits per heavy atom. The number of hydrogen-bond donors (Lipinski definition) is 2. The number of hydrogen-bond acceptors (Lipinski definition) is 3. The van der Waals surface area contributed by atoms with Gasteiger partial charge in [-0.2, -0.15) is 26.3 Å². The lowest BCUT2D eigenvalue weighted by molar-refractivity contribution is -0.145. The monoisotopic (exact) mass is 309 g/mol. The first kappa shape index (κ1) is 15.6. The van der Waals surface area contributed by atoms with Crippen LogP contribution in [0, 0.1) is 0 Å². The van der Waals surface area contributed by atoms with Gasteiger partial charge in [0.05, 0.1) is 16.0 Å². The summed E-state index contributed by atoms with van der Waals surface area (Å²) in [5, 5.41) is 13.4. The highest BCUT2D eigenvalue weighted by atomic mass is 32.2. The predicted octanol–water partition coefficient (Wildman–Crippen LogP) is 2.08. The molecule has 0 aromatic heterocycles. The zero-order chi connectivity index (χ0) is 15.2. The van der Waals surface area contributed by atoms with Crippen molar-refractivity contribution in [2.45, 2.75) is 17.2 Å². The van der Waals surface area contributed by atoms with Crippen molar-refractivity contribution in [3.63, 3.8) is 0 Å². The molecule has 0 heterocycles. The molecule has 0 unspecified atom stereocenters. The van der Waals surface area contributed by atoms with Crippen molar-refractivity contribution >= 4 is 10.0 Å². The van der Waals surface area contributed by atoms with Crippen LogP contribution >= 0.6 is 0 Å². The van der Waals surface area contributed by atoms with Crippen molar-refractivity contribution in [1.29, 1.82) is 0 Å². The SMILES string of the molecule is NS(=O)(=O)c1cc(O)c(C(F)(F)F)cc1C(F)(F)F. The Morgan fingerprint density at radius 2 is 1.37 bits per heavy atom. The van der Waals surface area contributed by atoms with Gasteiger partial charge < -0.3 is 5.11 Å². The van der Waals surface area contributed by atoms with E-state index in [2.05, 4.69) is 5.14 Å². The fourth-order valence-corrected chi connectivity index (χ4v) is 2.01. The number of sulfonamides is 1. The van der Waals surface area contributed by atoms with Crippen LogP contribution in [-0.4, -0.2) is 13.5 Å². The van der Waals surface area contributed by atoms with Crippen molar-refractivity contribution in [3.8, 4) is 5.75 Å². The van der Waals surface area contributed by atoms with Crippen LogP contribution in [0.1, 0.15) is 11.1 Å². The van der Waals surface area contributed by atoms with Gasteiger partial charge in [-0.3, -0.25) is 0 Å². The lowest BCUT2D eigenvalue weighted by Crippen LogP contribution is -2.20. The maximum absolute atomic E-state index is 12.5. The summed E-state index contributed by atoms with van der Waals surface area (Å²) in [6, 6.07) is -0.684. The molecule has 0 spiro atoms. The third-order valence-corrected chi connectivity index (χ3v) is 2.97. The molecule has 0 amide bonds.